The van der Waals surface area contributed by atoms with Crippen LogP contribution in [-0.4, -0.2) is 19.5 Å². The molecular weight excluding hydrogens is 308 g/mol. The largest absolute Gasteiger partial charge is 0.343 e. The number of nitrogens with one attached hydrogen (secondary N) is 2. The van der Waals surface area contributed by atoms with Crippen LogP contribution in [0.1, 0.15) is 30.9 Å². The van der Waals surface area contributed by atoms with Crippen molar-refractivity contribution in [3.63, 3.8) is 0 Å². The lowest BCUT2D eigenvalue weighted by molar-refractivity contribution is -0.122. The van der Waals surface area contributed by atoms with E-state index >= 15 is 0 Å². The first-order chi connectivity index (χ1) is 10.7. The minimum absolute atomic E-state index is 0. The topological polar surface area (TPSA) is 41.1 Å². The second-order valence-electron chi connectivity index (χ2n) is 5.61. The maximum Gasteiger partial charge on any atom is 0.220 e. The number of carbonyl (C=O) groups is 1. The molecule has 4 heteroatoms. The molecule has 2 aromatic rings. The van der Waals surface area contributed by atoms with Crippen LogP contribution in [-0.2, 0) is 10.3 Å². The lowest BCUT2D eigenvalue weighted by atomic mass is 9.84. The van der Waals surface area contributed by atoms with E-state index in [9.17, 15) is 4.79 Å². The van der Waals surface area contributed by atoms with Gasteiger partial charge in [-0.1, -0.05) is 60.7 Å². The van der Waals surface area contributed by atoms with Gasteiger partial charge in [0, 0.05) is 6.42 Å². The summed E-state index contributed by atoms with van der Waals surface area (Å²) >= 11 is 0. The van der Waals surface area contributed by atoms with Gasteiger partial charge in [-0.3, -0.25) is 4.79 Å². The molecule has 0 aromatic heterocycles. The van der Waals surface area contributed by atoms with E-state index in [-0.39, 0.29) is 18.3 Å². The van der Waals surface area contributed by atoms with Crippen molar-refractivity contribution in [1.82, 2.24) is 10.6 Å². The number of rotatable bonds is 7. The second kappa shape index (κ2) is 9.33. The van der Waals surface area contributed by atoms with Crippen molar-refractivity contribution in [1.29, 1.82) is 0 Å². The Kier molecular flexibility index (Phi) is 7.79. The molecule has 0 heterocycles. The predicted octanol–water partition coefficient (Wildman–Crippen LogP) is 3.49. The number of benzene rings is 2. The molecule has 2 aromatic carbocycles. The van der Waals surface area contributed by atoms with Gasteiger partial charge in [-0.15, -0.1) is 12.4 Å². The predicted molar refractivity (Wildman–Crippen MR) is 97.9 cm³/mol. The van der Waals surface area contributed by atoms with Crippen molar-refractivity contribution in [3.8, 4) is 0 Å². The lowest BCUT2D eigenvalue weighted by Gasteiger charge is -2.32. The molecule has 0 atom stereocenters. The SMILES string of the molecule is CNCCCC(=O)NC(C)(c1ccccc1)c1ccccc1.Cl. The van der Waals surface area contributed by atoms with Gasteiger partial charge in [0.05, 0.1) is 5.54 Å². The first-order valence-corrected chi connectivity index (χ1v) is 7.73. The average Bonchev–Trinajstić information content (AvgIpc) is 2.56. The van der Waals surface area contributed by atoms with Gasteiger partial charge >= 0.3 is 0 Å². The molecule has 0 radical (unpaired) electrons. The maximum atomic E-state index is 12.3. The highest BCUT2D eigenvalue weighted by Gasteiger charge is 2.30. The molecule has 23 heavy (non-hydrogen) atoms. The number of hydrogen-bond acceptors (Lipinski definition) is 2. The number of amides is 1. The van der Waals surface area contributed by atoms with Gasteiger partial charge in [0.1, 0.15) is 0 Å². The third-order valence-electron chi connectivity index (χ3n) is 3.92. The Labute approximate surface area is 144 Å². The van der Waals surface area contributed by atoms with Gasteiger partial charge in [0.2, 0.25) is 5.91 Å². The van der Waals surface area contributed by atoms with Crippen molar-refractivity contribution in [2.24, 2.45) is 0 Å². The number of halogens is 1. The minimum atomic E-state index is -0.515. The van der Waals surface area contributed by atoms with Crippen LogP contribution in [0.25, 0.3) is 0 Å². The van der Waals surface area contributed by atoms with Crippen LogP contribution in [0.4, 0.5) is 0 Å². The second-order valence-corrected chi connectivity index (χ2v) is 5.61. The molecule has 3 nitrogen and oxygen atoms in total. The Morgan fingerprint density at radius 1 is 0.957 bits per heavy atom. The summed E-state index contributed by atoms with van der Waals surface area (Å²) in [7, 11) is 1.90. The zero-order chi connectivity index (χ0) is 15.8. The summed E-state index contributed by atoms with van der Waals surface area (Å²) in [6.07, 6.45) is 1.36. The zero-order valence-electron chi connectivity index (χ0n) is 13.7. The van der Waals surface area contributed by atoms with Crippen LogP contribution in [0.2, 0.25) is 0 Å². The first-order valence-electron chi connectivity index (χ1n) is 7.73. The van der Waals surface area contributed by atoms with Gasteiger partial charge in [-0.05, 0) is 38.1 Å². The van der Waals surface area contributed by atoms with Crippen LogP contribution >= 0.6 is 12.4 Å². The van der Waals surface area contributed by atoms with E-state index in [0.717, 1.165) is 24.1 Å². The summed E-state index contributed by atoms with van der Waals surface area (Å²) < 4.78 is 0. The molecule has 0 aliphatic heterocycles. The maximum absolute atomic E-state index is 12.3. The molecule has 0 saturated heterocycles. The summed E-state index contributed by atoms with van der Waals surface area (Å²) in [5.41, 5.74) is 1.66. The van der Waals surface area contributed by atoms with Crippen molar-refractivity contribution in [3.05, 3.63) is 71.8 Å². The standard InChI is InChI=1S/C19H24N2O.ClH/c1-19(16-10-5-3-6-11-16,17-12-7-4-8-13-17)21-18(22)14-9-15-20-2;/h3-8,10-13,20H,9,14-15H2,1-2H3,(H,21,22);1H. The molecule has 0 aliphatic carbocycles. The van der Waals surface area contributed by atoms with Crippen molar-refractivity contribution in [2.45, 2.75) is 25.3 Å². The van der Waals surface area contributed by atoms with Gasteiger partial charge in [0.25, 0.3) is 0 Å². The van der Waals surface area contributed by atoms with E-state index in [1.807, 2.05) is 43.4 Å². The molecule has 124 valence electrons. The molecule has 0 aliphatic rings. The minimum Gasteiger partial charge on any atom is -0.343 e. The van der Waals surface area contributed by atoms with Crippen molar-refractivity contribution < 1.29 is 4.79 Å². The Balaban J connectivity index is 0.00000264. The molecule has 0 fully saturated rings. The van der Waals surface area contributed by atoms with Crippen LogP contribution in [0.15, 0.2) is 60.7 Å². The lowest BCUT2D eigenvalue weighted by Crippen LogP contribution is -2.44. The first kappa shape index (κ1) is 19.2. The summed E-state index contributed by atoms with van der Waals surface area (Å²) in [4.78, 5) is 12.3. The summed E-state index contributed by atoms with van der Waals surface area (Å²) in [5.74, 6) is 0.0745. The quantitative estimate of drug-likeness (QED) is 0.762. The van der Waals surface area contributed by atoms with Crippen molar-refractivity contribution in [2.75, 3.05) is 13.6 Å². The third kappa shape index (κ3) is 5.08. The fourth-order valence-corrected chi connectivity index (χ4v) is 2.62. The van der Waals surface area contributed by atoms with Gasteiger partial charge < -0.3 is 10.6 Å². The molecule has 0 spiro atoms. The smallest absolute Gasteiger partial charge is 0.220 e. The van der Waals surface area contributed by atoms with Crippen LogP contribution in [0.3, 0.4) is 0 Å². The molecule has 0 unspecified atom stereocenters. The summed E-state index contributed by atoms with van der Waals surface area (Å²) in [6, 6.07) is 20.2. The fourth-order valence-electron chi connectivity index (χ4n) is 2.62. The fraction of sp³-hybridized carbons (Fsp3) is 0.316. The summed E-state index contributed by atoms with van der Waals surface area (Å²) in [6.45, 7) is 2.91. The van der Waals surface area contributed by atoms with Gasteiger partial charge in [0.15, 0.2) is 0 Å². The Bertz CT molecular complexity index is 547. The van der Waals surface area contributed by atoms with Gasteiger partial charge in [-0.2, -0.15) is 0 Å². The zero-order valence-corrected chi connectivity index (χ0v) is 14.5. The normalized spacial score (nSPS) is 10.7. The third-order valence-corrected chi connectivity index (χ3v) is 3.92. The molecule has 0 bridgehead atoms. The van der Waals surface area contributed by atoms with E-state index in [1.165, 1.54) is 0 Å². The highest BCUT2D eigenvalue weighted by atomic mass is 35.5. The Morgan fingerprint density at radius 3 is 1.87 bits per heavy atom. The van der Waals surface area contributed by atoms with Gasteiger partial charge in [-0.25, -0.2) is 0 Å². The molecule has 2 N–H and O–H groups in total. The molecule has 2 rings (SSSR count). The van der Waals surface area contributed by atoms with E-state index < -0.39 is 5.54 Å². The van der Waals surface area contributed by atoms with Crippen molar-refractivity contribution >= 4 is 18.3 Å². The molecule has 1 amide bonds. The van der Waals surface area contributed by atoms with E-state index in [2.05, 4.69) is 41.8 Å². The monoisotopic (exact) mass is 332 g/mol. The summed E-state index contributed by atoms with van der Waals surface area (Å²) in [5, 5.41) is 6.29. The van der Waals surface area contributed by atoms with Crippen LogP contribution in [0.5, 0.6) is 0 Å². The highest BCUT2D eigenvalue weighted by molar-refractivity contribution is 5.85. The van der Waals surface area contributed by atoms with E-state index in [1.54, 1.807) is 0 Å². The number of carbonyl (C=O) groups excluding carboxylic acids is 1. The Morgan fingerprint density at radius 2 is 1.43 bits per heavy atom. The Hall–Kier alpha value is -1.84. The van der Waals surface area contributed by atoms with Crippen LogP contribution < -0.4 is 10.6 Å². The van der Waals surface area contributed by atoms with Crippen LogP contribution in [0, 0.1) is 0 Å². The number of hydrogen-bond donors (Lipinski definition) is 2. The average molecular weight is 333 g/mol. The van der Waals surface area contributed by atoms with E-state index in [0.29, 0.717) is 6.42 Å². The molecule has 0 saturated carbocycles. The molecular formula is C19H25ClN2O. The highest BCUT2D eigenvalue weighted by Crippen LogP contribution is 2.29. The van der Waals surface area contributed by atoms with E-state index in [4.69, 9.17) is 0 Å².